The SMILES string of the molecule is C[NH+](C)CCCN1C(=O)C(=O)C(=C(O)c2ccccc2)[C@@H]1c1ccc(F)cc1. The topological polar surface area (TPSA) is 62.0 Å². The Bertz CT molecular complexity index is 892. The molecule has 3 rings (SSSR count). The average Bonchev–Trinajstić information content (AvgIpc) is 2.93. The van der Waals surface area contributed by atoms with E-state index in [0.29, 0.717) is 24.1 Å². The zero-order chi connectivity index (χ0) is 20.3. The summed E-state index contributed by atoms with van der Waals surface area (Å²) in [5.41, 5.74) is 1.10. The molecule has 146 valence electrons. The van der Waals surface area contributed by atoms with E-state index in [0.717, 1.165) is 6.54 Å². The maximum atomic E-state index is 13.4. The van der Waals surface area contributed by atoms with Crippen LogP contribution in [0.5, 0.6) is 0 Å². The highest BCUT2D eigenvalue weighted by Crippen LogP contribution is 2.39. The summed E-state index contributed by atoms with van der Waals surface area (Å²) < 4.78 is 13.4. The third kappa shape index (κ3) is 3.97. The Kier molecular flexibility index (Phi) is 5.90. The number of benzene rings is 2. The Labute approximate surface area is 163 Å². The van der Waals surface area contributed by atoms with E-state index < -0.39 is 23.5 Å². The van der Waals surface area contributed by atoms with Gasteiger partial charge in [-0.3, -0.25) is 9.59 Å². The molecule has 2 N–H and O–H groups in total. The number of quaternary nitrogens is 1. The summed E-state index contributed by atoms with van der Waals surface area (Å²) in [5, 5.41) is 10.8. The summed E-state index contributed by atoms with van der Waals surface area (Å²) >= 11 is 0. The number of carbonyl (C=O) groups excluding carboxylic acids is 2. The van der Waals surface area contributed by atoms with Crippen LogP contribution in [0.3, 0.4) is 0 Å². The normalized spacial score (nSPS) is 18.9. The summed E-state index contributed by atoms with van der Waals surface area (Å²) in [6.45, 7) is 1.21. The van der Waals surface area contributed by atoms with Crippen LogP contribution in [0.15, 0.2) is 60.2 Å². The van der Waals surface area contributed by atoms with E-state index in [-0.39, 0.29) is 11.3 Å². The predicted octanol–water partition coefficient (Wildman–Crippen LogP) is 1.78. The van der Waals surface area contributed by atoms with E-state index in [1.54, 1.807) is 42.5 Å². The van der Waals surface area contributed by atoms with Crippen molar-refractivity contribution in [1.29, 1.82) is 0 Å². The minimum absolute atomic E-state index is 0.0417. The number of ketones is 1. The fourth-order valence-electron chi connectivity index (χ4n) is 3.46. The number of hydrogen-bond donors (Lipinski definition) is 2. The summed E-state index contributed by atoms with van der Waals surface area (Å²) in [5.74, 6) is -1.97. The van der Waals surface area contributed by atoms with Gasteiger partial charge in [0.05, 0.1) is 32.3 Å². The maximum absolute atomic E-state index is 13.4. The van der Waals surface area contributed by atoms with Gasteiger partial charge in [-0.2, -0.15) is 0 Å². The molecule has 6 heteroatoms. The van der Waals surface area contributed by atoms with Crippen LogP contribution in [0.2, 0.25) is 0 Å². The molecule has 1 heterocycles. The van der Waals surface area contributed by atoms with Crippen LogP contribution < -0.4 is 4.90 Å². The van der Waals surface area contributed by atoms with Crippen molar-refractivity contribution in [3.63, 3.8) is 0 Å². The standard InChI is InChI=1S/C22H23FN2O3/c1-24(2)13-6-14-25-19(15-9-11-17(23)12-10-15)18(21(27)22(25)28)20(26)16-7-4-3-5-8-16/h3-5,7-12,19,26H,6,13-14H2,1-2H3/p+1/t19-/m0/s1. The molecule has 28 heavy (non-hydrogen) atoms. The number of likely N-dealkylation sites (tertiary alicyclic amines) is 1. The first kappa shape index (κ1) is 19.8. The third-order valence-electron chi connectivity index (χ3n) is 4.85. The first-order valence-corrected chi connectivity index (χ1v) is 9.28. The molecular formula is C22H24FN2O3+. The zero-order valence-corrected chi connectivity index (χ0v) is 16.0. The number of hydrogen-bond acceptors (Lipinski definition) is 3. The van der Waals surface area contributed by atoms with Gasteiger partial charge in [0.1, 0.15) is 11.6 Å². The van der Waals surface area contributed by atoms with Gasteiger partial charge < -0.3 is 14.9 Å². The Balaban J connectivity index is 2.07. The molecule has 1 aliphatic rings. The molecule has 2 aromatic rings. The number of amides is 1. The Morgan fingerprint density at radius 1 is 1.07 bits per heavy atom. The fraction of sp³-hybridized carbons (Fsp3) is 0.273. The minimum Gasteiger partial charge on any atom is -0.507 e. The van der Waals surface area contributed by atoms with Crippen molar-refractivity contribution < 1.29 is 24.0 Å². The lowest BCUT2D eigenvalue weighted by Gasteiger charge is -2.25. The van der Waals surface area contributed by atoms with Crippen LogP contribution in [0.25, 0.3) is 5.76 Å². The number of aliphatic hydroxyl groups excluding tert-OH is 1. The molecule has 1 aliphatic heterocycles. The Morgan fingerprint density at radius 2 is 1.71 bits per heavy atom. The molecule has 0 aliphatic carbocycles. The second-order valence-corrected chi connectivity index (χ2v) is 7.22. The van der Waals surface area contributed by atoms with E-state index in [1.807, 2.05) is 14.1 Å². The molecular weight excluding hydrogens is 359 g/mol. The highest BCUT2D eigenvalue weighted by Gasteiger charge is 2.45. The monoisotopic (exact) mass is 383 g/mol. The Hall–Kier alpha value is -2.99. The molecule has 0 aromatic heterocycles. The van der Waals surface area contributed by atoms with E-state index in [4.69, 9.17) is 0 Å². The lowest BCUT2D eigenvalue weighted by molar-refractivity contribution is -0.858. The number of aliphatic hydroxyl groups is 1. The molecule has 2 aromatic carbocycles. The Morgan fingerprint density at radius 3 is 2.32 bits per heavy atom. The number of rotatable bonds is 6. The van der Waals surface area contributed by atoms with Gasteiger partial charge in [0.25, 0.3) is 11.7 Å². The van der Waals surface area contributed by atoms with Gasteiger partial charge in [-0.25, -0.2) is 4.39 Å². The van der Waals surface area contributed by atoms with Gasteiger partial charge in [-0.05, 0) is 17.7 Å². The molecule has 5 nitrogen and oxygen atoms in total. The van der Waals surface area contributed by atoms with Crippen molar-refractivity contribution in [3.05, 3.63) is 77.1 Å². The van der Waals surface area contributed by atoms with E-state index in [9.17, 15) is 19.1 Å². The summed E-state index contributed by atoms with van der Waals surface area (Å²) in [4.78, 5) is 28.2. The number of nitrogens with zero attached hydrogens (tertiary/aromatic N) is 1. The minimum atomic E-state index is -0.738. The van der Waals surface area contributed by atoms with Gasteiger partial charge in [0.15, 0.2) is 0 Å². The van der Waals surface area contributed by atoms with Crippen LogP contribution in [0.1, 0.15) is 23.6 Å². The molecule has 0 bridgehead atoms. The van der Waals surface area contributed by atoms with Crippen molar-refractivity contribution in [2.45, 2.75) is 12.5 Å². The maximum Gasteiger partial charge on any atom is 0.295 e. The largest absolute Gasteiger partial charge is 0.507 e. The fourth-order valence-corrected chi connectivity index (χ4v) is 3.46. The van der Waals surface area contributed by atoms with Crippen molar-refractivity contribution >= 4 is 17.4 Å². The molecule has 1 saturated heterocycles. The first-order chi connectivity index (χ1) is 13.4. The number of nitrogens with one attached hydrogen (secondary N) is 1. The highest BCUT2D eigenvalue weighted by atomic mass is 19.1. The number of carbonyl (C=O) groups is 2. The summed E-state index contributed by atoms with van der Waals surface area (Å²) in [7, 11) is 4.03. The predicted molar refractivity (Wildman–Crippen MR) is 104 cm³/mol. The third-order valence-corrected chi connectivity index (χ3v) is 4.85. The van der Waals surface area contributed by atoms with Crippen molar-refractivity contribution in [1.82, 2.24) is 4.90 Å². The van der Waals surface area contributed by atoms with E-state index in [1.165, 1.54) is 21.9 Å². The van der Waals surface area contributed by atoms with Crippen LogP contribution >= 0.6 is 0 Å². The van der Waals surface area contributed by atoms with Gasteiger partial charge in [-0.15, -0.1) is 0 Å². The summed E-state index contributed by atoms with van der Waals surface area (Å²) in [6, 6.07) is 13.6. The second kappa shape index (κ2) is 8.35. The molecule has 0 saturated carbocycles. The van der Waals surface area contributed by atoms with Gasteiger partial charge in [-0.1, -0.05) is 42.5 Å². The van der Waals surface area contributed by atoms with Gasteiger partial charge in [0, 0.05) is 18.5 Å². The first-order valence-electron chi connectivity index (χ1n) is 9.28. The van der Waals surface area contributed by atoms with Gasteiger partial charge >= 0.3 is 0 Å². The van der Waals surface area contributed by atoms with Crippen LogP contribution in [0.4, 0.5) is 4.39 Å². The van der Waals surface area contributed by atoms with Gasteiger partial charge in [0.2, 0.25) is 0 Å². The van der Waals surface area contributed by atoms with Crippen LogP contribution in [-0.2, 0) is 9.59 Å². The lowest BCUT2D eigenvalue weighted by Crippen LogP contribution is -3.05. The molecule has 1 atom stereocenters. The van der Waals surface area contributed by atoms with Crippen molar-refractivity contribution in [3.8, 4) is 0 Å². The summed E-state index contributed by atoms with van der Waals surface area (Å²) in [6.07, 6.45) is 0.707. The average molecular weight is 383 g/mol. The number of Topliss-reactive ketones (excluding diaryl/α,β-unsaturated/α-hetero) is 1. The van der Waals surface area contributed by atoms with E-state index in [2.05, 4.69) is 0 Å². The van der Waals surface area contributed by atoms with Crippen molar-refractivity contribution in [2.75, 3.05) is 27.2 Å². The molecule has 0 unspecified atom stereocenters. The smallest absolute Gasteiger partial charge is 0.295 e. The van der Waals surface area contributed by atoms with Crippen LogP contribution in [-0.4, -0.2) is 48.9 Å². The molecule has 1 fully saturated rings. The van der Waals surface area contributed by atoms with Crippen LogP contribution in [0, 0.1) is 5.82 Å². The highest BCUT2D eigenvalue weighted by molar-refractivity contribution is 6.46. The number of halogens is 1. The quantitative estimate of drug-likeness (QED) is 0.454. The molecule has 1 amide bonds. The van der Waals surface area contributed by atoms with E-state index >= 15 is 0 Å². The molecule has 0 spiro atoms. The van der Waals surface area contributed by atoms with Crippen molar-refractivity contribution in [2.24, 2.45) is 0 Å². The second-order valence-electron chi connectivity index (χ2n) is 7.22. The lowest BCUT2D eigenvalue weighted by atomic mass is 9.95. The molecule has 0 radical (unpaired) electrons. The zero-order valence-electron chi connectivity index (χ0n) is 16.0.